The summed E-state index contributed by atoms with van der Waals surface area (Å²) in [6.07, 6.45) is 4.20. The van der Waals surface area contributed by atoms with Crippen molar-refractivity contribution < 1.29 is 38.4 Å². The second-order valence-corrected chi connectivity index (χ2v) is 7.49. The molecule has 0 aliphatic rings. The number of aliphatic hydroxyl groups is 1. The van der Waals surface area contributed by atoms with Crippen LogP contribution in [0.15, 0.2) is 0 Å². The van der Waals surface area contributed by atoms with Crippen molar-refractivity contribution in [3.8, 4) is 0 Å². The van der Waals surface area contributed by atoms with Gasteiger partial charge in [0.05, 0.1) is 39.6 Å². The SMILES string of the molecule is CCCCNC(=O)COCCOCCNC.N[C@H](CCO)CCC(=O)NCCOCCOCC=O. The van der Waals surface area contributed by atoms with Gasteiger partial charge in [0.2, 0.25) is 11.8 Å². The van der Waals surface area contributed by atoms with Crippen LogP contribution in [0.25, 0.3) is 0 Å². The van der Waals surface area contributed by atoms with Gasteiger partial charge in [-0.25, -0.2) is 0 Å². The number of nitrogens with two attached hydrogens (primary N) is 1. The zero-order chi connectivity index (χ0) is 26.4. The molecule has 12 nitrogen and oxygen atoms in total. The van der Waals surface area contributed by atoms with Gasteiger partial charge in [-0.2, -0.15) is 0 Å². The number of carbonyl (C=O) groups is 3. The van der Waals surface area contributed by atoms with E-state index in [4.69, 9.17) is 29.8 Å². The van der Waals surface area contributed by atoms with Crippen LogP contribution < -0.4 is 21.7 Å². The summed E-state index contributed by atoms with van der Waals surface area (Å²) >= 11 is 0. The normalized spacial score (nSPS) is 11.3. The Labute approximate surface area is 209 Å². The van der Waals surface area contributed by atoms with Crippen molar-refractivity contribution in [2.75, 3.05) is 86.1 Å². The maximum Gasteiger partial charge on any atom is 0.245 e. The van der Waals surface area contributed by atoms with Gasteiger partial charge < -0.3 is 50.5 Å². The Morgan fingerprint density at radius 1 is 0.886 bits per heavy atom. The van der Waals surface area contributed by atoms with Crippen LogP contribution in [-0.4, -0.2) is 115 Å². The molecule has 0 aromatic heterocycles. The van der Waals surface area contributed by atoms with Gasteiger partial charge in [0.25, 0.3) is 0 Å². The van der Waals surface area contributed by atoms with Gasteiger partial charge in [0.15, 0.2) is 0 Å². The predicted molar refractivity (Wildman–Crippen MR) is 133 cm³/mol. The van der Waals surface area contributed by atoms with E-state index in [0.29, 0.717) is 71.7 Å². The van der Waals surface area contributed by atoms with Crippen molar-refractivity contribution in [1.29, 1.82) is 0 Å². The van der Waals surface area contributed by atoms with Gasteiger partial charge in [-0.3, -0.25) is 9.59 Å². The number of aliphatic hydroxyl groups excluding tert-OH is 1. The van der Waals surface area contributed by atoms with Gasteiger partial charge >= 0.3 is 0 Å². The molecule has 0 aliphatic heterocycles. The Balaban J connectivity index is 0. The molecule has 0 aliphatic carbocycles. The first-order valence-corrected chi connectivity index (χ1v) is 12.3. The Morgan fingerprint density at radius 2 is 1.51 bits per heavy atom. The van der Waals surface area contributed by atoms with E-state index >= 15 is 0 Å². The summed E-state index contributed by atoms with van der Waals surface area (Å²) in [4.78, 5) is 32.5. The van der Waals surface area contributed by atoms with E-state index in [1.807, 2.05) is 7.05 Å². The first kappa shape index (κ1) is 35.5. The molecule has 0 heterocycles. The number of hydrogen-bond donors (Lipinski definition) is 5. The minimum absolute atomic E-state index is 0.0444. The van der Waals surface area contributed by atoms with Crippen LogP contribution in [-0.2, 0) is 33.3 Å². The summed E-state index contributed by atoms with van der Waals surface area (Å²) in [7, 11) is 1.88. The fraction of sp³-hybridized carbons (Fsp3) is 0.870. The van der Waals surface area contributed by atoms with Gasteiger partial charge in [0, 0.05) is 38.7 Å². The topological polar surface area (TPSA) is 170 Å². The van der Waals surface area contributed by atoms with Gasteiger partial charge in [-0.15, -0.1) is 0 Å². The Bertz CT molecular complexity index is 486. The molecule has 2 amide bonds. The monoisotopic (exact) mass is 508 g/mol. The quantitative estimate of drug-likeness (QED) is 0.0803. The lowest BCUT2D eigenvalue weighted by Gasteiger charge is -2.10. The number of likely N-dealkylation sites (N-methyl/N-ethyl adjacent to an activating group) is 1. The number of nitrogens with one attached hydrogen (secondary N) is 3. The van der Waals surface area contributed by atoms with Crippen molar-refractivity contribution in [3.63, 3.8) is 0 Å². The van der Waals surface area contributed by atoms with Crippen molar-refractivity contribution in [2.24, 2.45) is 5.73 Å². The molecule has 0 fully saturated rings. The highest BCUT2D eigenvalue weighted by Gasteiger charge is 2.06. The maximum atomic E-state index is 11.4. The Kier molecular flexibility index (Phi) is 30.8. The molecule has 35 heavy (non-hydrogen) atoms. The molecule has 0 aromatic rings. The van der Waals surface area contributed by atoms with Crippen LogP contribution >= 0.6 is 0 Å². The lowest BCUT2D eigenvalue weighted by molar-refractivity contribution is -0.126. The lowest BCUT2D eigenvalue weighted by atomic mass is 10.1. The highest BCUT2D eigenvalue weighted by molar-refractivity contribution is 5.77. The van der Waals surface area contributed by atoms with E-state index < -0.39 is 0 Å². The average Bonchev–Trinajstić information content (AvgIpc) is 2.84. The van der Waals surface area contributed by atoms with Gasteiger partial charge in [-0.05, 0) is 26.3 Å². The summed E-state index contributed by atoms with van der Waals surface area (Å²) in [5.41, 5.74) is 5.66. The van der Waals surface area contributed by atoms with Crippen LogP contribution in [0.5, 0.6) is 0 Å². The third-order valence-electron chi connectivity index (χ3n) is 4.32. The van der Waals surface area contributed by atoms with Gasteiger partial charge in [0.1, 0.15) is 19.5 Å². The summed E-state index contributed by atoms with van der Waals surface area (Å²) in [5, 5.41) is 17.1. The molecule has 1 atom stereocenters. The van der Waals surface area contributed by atoms with E-state index in [-0.39, 0.29) is 37.7 Å². The Hall–Kier alpha value is -1.67. The summed E-state index contributed by atoms with van der Waals surface area (Å²) in [6.45, 7) is 7.15. The van der Waals surface area contributed by atoms with Crippen LogP contribution in [0.1, 0.15) is 39.0 Å². The van der Waals surface area contributed by atoms with Crippen LogP contribution in [0.4, 0.5) is 0 Å². The number of hydrogen-bond acceptors (Lipinski definition) is 10. The zero-order valence-corrected chi connectivity index (χ0v) is 21.6. The largest absolute Gasteiger partial charge is 0.396 e. The van der Waals surface area contributed by atoms with Crippen molar-refractivity contribution in [1.82, 2.24) is 16.0 Å². The number of aldehydes is 1. The maximum absolute atomic E-state index is 11.4. The van der Waals surface area contributed by atoms with E-state index in [1.165, 1.54) is 0 Å². The highest BCUT2D eigenvalue weighted by atomic mass is 16.5. The summed E-state index contributed by atoms with van der Waals surface area (Å²) in [6, 6.07) is -0.137. The van der Waals surface area contributed by atoms with E-state index in [0.717, 1.165) is 25.9 Å². The molecule has 0 saturated carbocycles. The zero-order valence-electron chi connectivity index (χ0n) is 21.6. The van der Waals surface area contributed by atoms with Crippen molar-refractivity contribution in [3.05, 3.63) is 0 Å². The number of rotatable bonds is 24. The number of amides is 2. The van der Waals surface area contributed by atoms with Crippen molar-refractivity contribution >= 4 is 18.1 Å². The highest BCUT2D eigenvalue weighted by Crippen LogP contribution is 1.98. The third-order valence-corrected chi connectivity index (χ3v) is 4.32. The first-order chi connectivity index (χ1) is 17.0. The lowest BCUT2D eigenvalue weighted by Crippen LogP contribution is -2.30. The molecule has 12 heteroatoms. The molecule has 0 saturated heterocycles. The van der Waals surface area contributed by atoms with Crippen molar-refractivity contribution in [2.45, 2.75) is 45.1 Å². The molecule has 208 valence electrons. The number of unbranched alkanes of at least 4 members (excludes halogenated alkanes) is 1. The minimum Gasteiger partial charge on any atom is -0.396 e. The molecule has 0 bridgehead atoms. The predicted octanol–water partition coefficient (Wildman–Crippen LogP) is -1.02. The van der Waals surface area contributed by atoms with E-state index in [2.05, 4.69) is 22.9 Å². The second kappa shape index (κ2) is 30.4. The molecule has 0 spiro atoms. The fourth-order valence-corrected chi connectivity index (χ4v) is 2.34. The van der Waals surface area contributed by atoms with Gasteiger partial charge in [-0.1, -0.05) is 13.3 Å². The molecule has 0 rings (SSSR count). The number of carbonyl (C=O) groups excluding carboxylic acids is 3. The second-order valence-electron chi connectivity index (χ2n) is 7.49. The van der Waals surface area contributed by atoms with E-state index in [1.54, 1.807) is 0 Å². The molecule has 6 N–H and O–H groups in total. The van der Waals surface area contributed by atoms with Crippen LogP contribution in [0.2, 0.25) is 0 Å². The molecule has 0 aromatic carbocycles. The minimum atomic E-state index is -0.137. The van der Waals surface area contributed by atoms with Crippen LogP contribution in [0.3, 0.4) is 0 Å². The Morgan fingerprint density at radius 3 is 2.14 bits per heavy atom. The smallest absolute Gasteiger partial charge is 0.245 e. The number of ether oxygens (including phenoxy) is 4. The molecular weight excluding hydrogens is 460 g/mol. The average molecular weight is 509 g/mol. The molecule has 0 unspecified atom stereocenters. The molecular formula is C23H48N4O8. The third kappa shape index (κ3) is 32.3. The summed E-state index contributed by atoms with van der Waals surface area (Å²) < 4.78 is 20.4. The van der Waals surface area contributed by atoms with E-state index in [9.17, 15) is 14.4 Å². The fourth-order valence-electron chi connectivity index (χ4n) is 2.34. The summed E-state index contributed by atoms with van der Waals surface area (Å²) in [5.74, 6) is -0.127. The molecule has 0 radical (unpaired) electrons. The standard InChI is InChI=1S/C12H24N2O5.C11H24N2O3/c13-11(3-5-15)1-2-12(17)14-4-7-18-9-10-19-8-6-16;1-3-4-5-13-11(14)10-16-9-8-15-7-6-12-2/h6,11,15H,1-5,7-10,13H2,(H,14,17);12H,3-10H2,1-2H3,(H,13,14)/t11-;/m0./s1. The first-order valence-electron chi connectivity index (χ1n) is 12.3. The van der Waals surface area contributed by atoms with Crippen LogP contribution in [0, 0.1) is 0 Å².